The van der Waals surface area contributed by atoms with E-state index < -0.39 is 6.04 Å². The number of nitrogens with zero attached hydrogens (tertiary/aromatic N) is 2. The van der Waals surface area contributed by atoms with E-state index in [0.717, 1.165) is 32.8 Å². The molecule has 0 fully saturated rings. The summed E-state index contributed by atoms with van der Waals surface area (Å²) < 4.78 is 1.42. The lowest BCUT2D eigenvalue weighted by molar-refractivity contribution is -0.118. The Morgan fingerprint density at radius 3 is 2.53 bits per heavy atom. The Bertz CT molecular complexity index is 1310. The van der Waals surface area contributed by atoms with Crippen molar-refractivity contribution in [1.82, 2.24) is 9.55 Å². The van der Waals surface area contributed by atoms with Gasteiger partial charge in [0.25, 0.3) is 5.56 Å². The van der Waals surface area contributed by atoms with Gasteiger partial charge in [-0.2, -0.15) is 0 Å². The molecule has 0 aliphatic heterocycles. The van der Waals surface area contributed by atoms with Crippen molar-refractivity contribution in [3.8, 4) is 11.1 Å². The molecular formula is C24H23N3O2S. The third kappa shape index (κ3) is 3.55. The van der Waals surface area contributed by atoms with Crippen molar-refractivity contribution in [2.24, 2.45) is 0 Å². The zero-order valence-electron chi connectivity index (χ0n) is 17.4. The lowest BCUT2D eigenvalue weighted by atomic mass is 10.0. The van der Waals surface area contributed by atoms with E-state index in [1.807, 2.05) is 69.3 Å². The van der Waals surface area contributed by atoms with E-state index >= 15 is 0 Å². The second kappa shape index (κ2) is 7.88. The molecule has 0 spiro atoms. The first-order valence-corrected chi connectivity index (χ1v) is 10.6. The van der Waals surface area contributed by atoms with E-state index in [-0.39, 0.29) is 11.5 Å². The van der Waals surface area contributed by atoms with Gasteiger partial charge < -0.3 is 5.32 Å². The Hall–Kier alpha value is -3.25. The lowest BCUT2D eigenvalue weighted by Crippen LogP contribution is -2.31. The Labute approximate surface area is 179 Å². The molecule has 2 heterocycles. The van der Waals surface area contributed by atoms with Crippen LogP contribution in [0.1, 0.15) is 29.0 Å². The molecule has 0 bridgehead atoms. The molecular weight excluding hydrogens is 394 g/mol. The Morgan fingerprint density at radius 2 is 1.83 bits per heavy atom. The normalized spacial score (nSPS) is 12.1. The summed E-state index contributed by atoms with van der Waals surface area (Å²) in [6.07, 6.45) is 1.47. The number of amides is 1. The molecule has 4 rings (SSSR count). The summed E-state index contributed by atoms with van der Waals surface area (Å²) in [7, 11) is 0. The van der Waals surface area contributed by atoms with Crippen LogP contribution in [0.3, 0.4) is 0 Å². The van der Waals surface area contributed by atoms with Gasteiger partial charge >= 0.3 is 0 Å². The highest BCUT2D eigenvalue weighted by atomic mass is 32.1. The number of carbonyl (C=O) groups excluding carboxylic acids is 1. The molecule has 0 unspecified atom stereocenters. The smallest absolute Gasteiger partial charge is 0.263 e. The van der Waals surface area contributed by atoms with Crippen molar-refractivity contribution < 1.29 is 4.79 Å². The number of thiophene rings is 1. The topological polar surface area (TPSA) is 64.0 Å². The molecule has 2 aromatic carbocycles. The first kappa shape index (κ1) is 20.0. The molecule has 0 aliphatic rings. The molecule has 30 heavy (non-hydrogen) atoms. The molecule has 4 aromatic rings. The molecule has 2 aromatic heterocycles. The van der Waals surface area contributed by atoms with E-state index in [0.29, 0.717) is 10.2 Å². The number of hydrogen-bond acceptors (Lipinski definition) is 4. The van der Waals surface area contributed by atoms with Crippen LogP contribution in [-0.2, 0) is 4.79 Å². The van der Waals surface area contributed by atoms with Gasteiger partial charge in [-0.15, -0.1) is 11.3 Å². The number of fused-ring (bicyclic) bond motifs is 1. The fourth-order valence-corrected chi connectivity index (χ4v) is 4.66. The van der Waals surface area contributed by atoms with Gasteiger partial charge in [0.1, 0.15) is 10.9 Å². The highest BCUT2D eigenvalue weighted by Gasteiger charge is 2.22. The number of nitrogens with one attached hydrogen (secondary N) is 1. The third-order valence-corrected chi connectivity index (χ3v) is 6.33. The Balaban J connectivity index is 1.75. The average Bonchev–Trinajstić information content (AvgIpc) is 3.07. The number of aromatic nitrogens is 2. The molecule has 1 amide bonds. The van der Waals surface area contributed by atoms with Gasteiger partial charge in [-0.05, 0) is 44.9 Å². The van der Waals surface area contributed by atoms with Crippen LogP contribution in [0.5, 0.6) is 0 Å². The van der Waals surface area contributed by atoms with Crippen LogP contribution in [0.2, 0.25) is 0 Å². The standard InChI is InChI=1S/C24H23N3O2S/c1-14-10-11-19(15(2)12-14)26-22(28)16(3)27-13-25-23-21(24(27)29)20(17(4)30-23)18-8-6-5-7-9-18/h5-13,16H,1-4H3,(H,26,28)/t16-/m1/s1. The highest BCUT2D eigenvalue weighted by Crippen LogP contribution is 2.35. The Kier molecular flexibility index (Phi) is 5.26. The lowest BCUT2D eigenvalue weighted by Gasteiger charge is -2.16. The number of rotatable bonds is 4. The van der Waals surface area contributed by atoms with Crippen LogP contribution in [0, 0.1) is 20.8 Å². The molecule has 152 valence electrons. The van der Waals surface area contributed by atoms with Crippen LogP contribution >= 0.6 is 11.3 Å². The van der Waals surface area contributed by atoms with Crippen LogP contribution < -0.4 is 10.9 Å². The third-order valence-electron chi connectivity index (χ3n) is 5.31. The van der Waals surface area contributed by atoms with Crippen LogP contribution in [0.15, 0.2) is 59.7 Å². The van der Waals surface area contributed by atoms with E-state index in [2.05, 4.69) is 10.3 Å². The van der Waals surface area contributed by atoms with Crippen molar-refractivity contribution in [1.29, 1.82) is 0 Å². The fraction of sp³-hybridized carbons (Fsp3) is 0.208. The molecule has 0 aliphatic carbocycles. The van der Waals surface area contributed by atoms with Crippen LogP contribution in [0.25, 0.3) is 21.3 Å². The summed E-state index contributed by atoms with van der Waals surface area (Å²) in [6, 6.07) is 15.0. The monoisotopic (exact) mass is 417 g/mol. The maximum absolute atomic E-state index is 13.4. The van der Waals surface area contributed by atoms with Gasteiger partial charge in [-0.25, -0.2) is 4.98 Å². The van der Waals surface area contributed by atoms with Gasteiger partial charge in [0, 0.05) is 16.1 Å². The van der Waals surface area contributed by atoms with Gasteiger partial charge in [-0.1, -0.05) is 48.0 Å². The summed E-state index contributed by atoms with van der Waals surface area (Å²) in [6.45, 7) is 7.67. The predicted molar refractivity (Wildman–Crippen MR) is 123 cm³/mol. The Morgan fingerprint density at radius 1 is 1.10 bits per heavy atom. The van der Waals surface area contributed by atoms with Crippen molar-refractivity contribution in [2.75, 3.05) is 5.32 Å². The minimum Gasteiger partial charge on any atom is -0.324 e. The quantitative estimate of drug-likeness (QED) is 0.493. The summed E-state index contributed by atoms with van der Waals surface area (Å²) in [5.74, 6) is -0.251. The van der Waals surface area contributed by atoms with E-state index in [1.165, 1.54) is 22.2 Å². The van der Waals surface area contributed by atoms with Crippen molar-refractivity contribution in [3.05, 3.63) is 81.2 Å². The number of hydrogen-bond donors (Lipinski definition) is 1. The maximum atomic E-state index is 13.4. The maximum Gasteiger partial charge on any atom is 0.263 e. The van der Waals surface area contributed by atoms with Crippen molar-refractivity contribution in [3.63, 3.8) is 0 Å². The van der Waals surface area contributed by atoms with Crippen molar-refractivity contribution in [2.45, 2.75) is 33.7 Å². The zero-order valence-corrected chi connectivity index (χ0v) is 18.2. The highest BCUT2D eigenvalue weighted by molar-refractivity contribution is 7.19. The largest absolute Gasteiger partial charge is 0.324 e. The van der Waals surface area contributed by atoms with Crippen LogP contribution in [-0.4, -0.2) is 15.5 Å². The molecule has 1 atom stereocenters. The average molecular weight is 418 g/mol. The number of aryl methyl sites for hydroxylation is 3. The van der Waals surface area contributed by atoms with Gasteiger partial charge in [0.05, 0.1) is 11.7 Å². The van der Waals surface area contributed by atoms with E-state index in [9.17, 15) is 9.59 Å². The predicted octanol–water partition coefficient (Wildman–Crippen LogP) is 5.25. The fourth-order valence-electron chi connectivity index (χ4n) is 3.66. The van der Waals surface area contributed by atoms with Gasteiger partial charge in [0.15, 0.2) is 0 Å². The summed E-state index contributed by atoms with van der Waals surface area (Å²) in [5, 5.41) is 3.51. The number of anilines is 1. The van der Waals surface area contributed by atoms with Crippen LogP contribution in [0.4, 0.5) is 5.69 Å². The summed E-state index contributed by atoms with van der Waals surface area (Å²) >= 11 is 1.50. The second-order valence-corrected chi connectivity index (χ2v) is 8.72. The zero-order chi connectivity index (χ0) is 21.4. The minimum absolute atomic E-state index is 0.202. The molecule has 0 saturated carbocycles. The molecule has 0 saturated heterocycles. The first-order chi connectivity index (χ1) is 14.4. The molecule has 0 radical (unpaired) electrons. The SMILES string of the molecule is Cc1ccc(NC(=O)[C@@H](C)n2cnc3sc(C)c(-c4ccccc4)c3c2=O)c(C)c1. The first-order valence-electron chi connectivity index (χ1n) is 9.80. The van der Waals surface area contributed by atoms with Gasteiger partial charge in [-0.3, -0.25) is 14.2 Å². The van der Waals surface area contributed by atoms with E-state index in [1.54, 1.807) is 6.92 Å². The van der Waals surface area contributed by atoms with Crippen molar-refractivity contribution >= 4 is 33.1 Å². The van der Waals surface area contributed by atoms with E-state index in [4.69, 9.17) is 0 Å². The molecule has 6 heteroatoms. The molecule has 1 N–H and O–H groups in total. The summed E-state index contributed by atoms with van der Waals surface area (Å²) in [5.41, 5.74) is 4.53. The number of benzene rings is 2. The van der Waals surface area contributed by atoms with Gasteiger partial charge in [0.2, 0.25) is 5.91 Å². The molecule has 5 nitrogen and oxygen atoms in total. The number of carbonyl (C=O) groups is 1. The minimum atomic E-state index is -0.695. The second-order valence-electron chi connectivity index (χ2n) is 7.52. The summed E-state index contributed by atoms with van der Waals surface area (Å²) in [4.78, 5) is 32.5.